The highest BCUT2D eigenvalue weighted by atomic mass is 32.2. The van der Waals surface area contributed by atoms with Gasteiger partial charge in [-0.1, -0.05) is 17.8 Å². The van der Waals surface area contributed by atoms with Gasteiger partial charge in [-0.25, -0.2) is 0 Å². The third-order valence-electron chi connectivity index (χ3n) is 1.31. The fraction of sp³-hybridized carbons (Fsp3) is 0.667. The summed E-state index contributed by atoms with van der Waals surface area (Å²) in [6.07, 6.45) is 3.39. The highest BCUT2D eigenvalue weighted by molar-refractivity contribution is 8.14. The molecular weight excluding hydrogens is 170 g/mol. The Balaban J connectivity index is 3.51. The van der Waals surface area contributed by atoms with Crippen molar-refractivity contribution in [2.24, 2.45) is 0 Å². The van der Waals surface area contributed by atoms with Crippen LogP contribution in [0.5, 0.6) is 0 Å². The molecule has 0 aromatic carbocycles. The van der Waals surface area contributed by atoms with Crippen LogP contribution in [-0.4, -0.2) is 43.0 Å². The molecule has 0 saturated carbocycles. The number of carbonyl (C=O) groups is 1. The lowest BCUT2D eigenvalue weighted by Crippen LogP contribution is -2.36. The van der Waals surface area contributed by atoms with Crippen molar-refractivity contribution in [3.05, 3.63) is 12.2 Å². The Morgan fingerprint density at radius 1 is 1.42 bits per heavy atom. The smallest absolute Gasteiger partial charge is 0.212 e. The van der Waals surface area contributed by atoms with Crippen molar-refractivity contribution in [2.45, 2.75) is 6.92 Å². The van der Waals surface area contributed by atoms with Crippen molar-refractivity contribution in [1.29, 1.82) is 0 Å². The van der Waals surface area contributed by atoms with E-state index in [1.807, 2.05) is 6.92 Å². The third kappa shape index (κ3) is 7.82. The van der Waals surface area contributed by atoms with Gasteiger partial charge in [-0.3, -0.25) is 4.79 Å². The lowest BCUT2D eigenvalue weighted by atomic mass is 10.6. The Morgan fingerprint density at radius 3 is 2.42 bits per heavy atom. The van der Waals surface area contributed by atoms with Gasteiger partial charge in [0.25, 0.3) is 0 Å². The van der Waals surface area contributed by atoms with Gasteiger partial charge in [0.05, 0.1) is 33.4 Å². The van der Waals surface area contributed by atoms with E-state index in [1.54, 1.807) is 12.2 Å². The lowest BCUT2D eigenvalue weighted by molar-refractivity contribution is -0.867. The highest BCUT2D eigenvalue weighted by Gasteiger charge is 2.07. The van der Waals surface area contributed by atoms with Crippen LogP contribution in [0.2, 0.25) is 0 Å². The molecule has 0 amide bonds. The minimum absolute atomic E-state index is 0.158. The first kappa shape index (κ1) is 11.7. The predicted octanol–water partition coefficient (Wildman–Crippen LogP) is 1.53. The van der Waals surface area contributed by atoms with Crippen molar-refractivity contribution >= 4 is 16.9 Å². The van der Waals surface area contributed by atoms with Crippen LogP contribution in [0.1, 0.15) is 6.92 Å². The Morgan fingerprint density at radius 2 is 2.00 bits per heavy atom. The van der Waals surface area contributed by atoms with Crippen LogP contribution in [0, 0.1) is 0 Å². The highest BCUT2D eigenvalue weighted by Crippen LogP contribution is 2.04. The van der Waals surface area contributed by atoms with E-state index in [1.165, 1.54) is 11.8 Å². The zero-order valence-electron chi connectivity index (χ0n) is 8.33. The minimum Gasteiger partial charge on any atom is -0.330 e. The molecule has 0 unspecified atom stereocenters. The molecule has 0 N–H and O–H groups in total. The summed E-state index contributed by atoms with van der Waals surface area (Å²) >= 11 is 1.39. The summed E-state index contributed by atoms with van der Waals surface area (Å²) in [5.41, 5.74) is 0. The molecular formula is C9H18NOS+. The number of quaternary nitrogens is 1. The van der Waals surface area contributed by atoms with Crippen molar-refractivity contribution in [3.8, 4) is 0 Å². The van der Waals surface area contributed by atoms with Gasteiger partial charge >= 0.3 is 0 Å². The first-order valence-electron chi connectivity index (χ1n) is 4.05. The van der Waals surface area contributed by atoms with Gasteiger partial charge in [0.15, 0.2) is 0 Å². The average Bonchev–Trinajstić information content (AvgIpc) is 1.84. The second kappa shape index (κ2) is 5.38. The van der Waals surface area contributed by atoms with Crippen molar-refractivity contribution in [3.63, 3.8) is 0 Å². The van der Waals surface area contributed by atoms with Crippen LogP contribution >= 0.6 is 11.8 Å². The fourth-order valence-electron chi connectivity index (χ4n) is 0.604. The second-order valence-electron chi connectivity index (χ2n) is 3.68. The molecule has 0 spiro atoms. The average molecular weight is 188 g/mol. The molecule has 0 aromatic heterocycles. The van der Waals surface area contributed by atoms with Crippen molar-refractivity contribution < 1.29 is 9.28 Å². The van der Waals surface area contributed by atoms with Crippen LogP contribution in [0.4, 0.5) is 0 Å². The maximum Gasteiger partial charge on any atom is 0.212 e. The Kier molecular flexibility index (Phi) is 5.25. The first-order valence-corrected chi connectivity index (χ1v) is 5.04. The molecule has 70 valence electrons. The van der Waals surface area contributed by atoms with Crippen LogP contribution in [0.3, 0.4) is 0 Å². The van der Waals surface area contributed by atoms with E-state index in [0.717, 1.165) is 16.8 Å². The molecule has 0 saturated heterocycles. The maximum absolute atomic E-state index is 11.0. The van der Waals surface area contributed by atoms with E-state index in [2.05, 4.69) is 21.1 Å². The van der Waals surface area contributed by atoms with Gasteiger partial charge in [0.2, 0.25) is 5.12 Å². The van der Waals surface area contributed by atoms with E-state index >= 15 is 0 Å². The molecule has 0 heterocycles. The summed E-state index contributed by atoms with van der Waals surface area (Å²) in [4.78, 5) is 11.0. The van der Waals surface area contributed by atoms with Crippen LogP contribution < -0.4 is 0 Å². The van der Waals surface area contributed by atoms with Crippen molar-refractivity contribution in [1.82, 2.24) is 0 Å². The Labute approximate surface area is 79.2 Å². The minimum atomic E-state index is 0.158. The van der Waals surface area contributed by atoms with E-state index in [0.29, 0.717) is 0 Å². The maximum atomic E-state index is 11.0. The monoisotopic (exact) mass is 188 g/mol. The van der Waals surface area contributed by atoms with Gasteiger partial charge < -0.3 is 4.48 Å². The number of thioether (sulfide) groups is 1. The first-order chi connectivity index (χ1) is 5.45. The van der Waals surface area contributed by atoms with Crippen molar-refractivity contribution in [2.75, 3.05) is 33.4 Å². The zero-order valence-corrected chi connectivity index (χ0v) is 9.15. The summed E-state index contributed by atoms with van der Waals surface area (Å²) < 4.78 is 0.913. The standard InChI is InChI=1S/C9H18NOS/c1-5-6-9(11)12-8-7-10(2,3)4/h5-6H,7-8H2,1-4H3/q+1/b6-5+. The number of allylic oxidation sites excluding steroid dienone is 1. The summed E-state index contributed by atoms with van der Waals surface area (Å²) in [5, 5.41) is 0.158. The molecule has 12 heavy (non-hydrogen) atoms. The van der Waals surface area contributed by atoms with E-state index < -0.39 is 0 Å². The molecule has 3 heteroatoms. The quantitative estimate of drug-likeness (QED) is 0.491. The van der Waals surface area contributed by atoms with E-state index in [-0.39, 0.29) is 5.12 Å². The van der Waals surface area contributed by atoms with E-state index in [4.69, 9.17) is 0 Å². The van der Waals surface area contributed by atoms with Gasteiger partial charge in [0, 0.05) is 0 Å². The summed E-state index contributed by atoms with van der Waals surface area (Å²) in [7, 11) is 6.38. The van der Waals surface area contributed by atoms with Gasteiger partial charge in [-0.2, -0.15) is 0 Å². The second-order valence-corrected chi connectivity index (χ2v) is 4.78. The fourth-order valence-corrected chi connectivity index (χ4v) is 1.68. The summed E-state index contributed by atoms with van der Waals surface area (Å²) in [6.45, 7) is 2.88. The lowest BCUT2D eigenvalue weighted by Gasteiger charge is -2.22. The van der Waals surface area contributed by atoms with Crippen LogP contribution in [0.15, 0.2) is 12.2 Å². The number of rotatable bonds is 4. The predicted molar refractivity (Wildman–Crippen MR) is 55.2 cm³/mol. The zero-order chi connectivity index (χ0) is 9.61. The number of nitrogens with zero attached hydrogens (tertiary/aromatic N) is 1. The SMILES string of the molecule is C/C=C/C(=O)SCC[N+](C)(C)C. The molecule has 0 radical (unpaired) electrons. The molecule has 0 aliphatic carbocycles. The molecule has 0 bridgehead atoms. The van der Waals surface area contributed by atoms with Crippen LogP contribution in [0.25, 0.3) is 0 Å². The number of carbonyl (C=O) groups excluding carboxylic acids is 1. The Hall–Kier alpha value is -0.280. The number of hydrogen-bond acceptors (Lipinski definition) is 2. The molecule has 2 nitrogen and oxygen atoms in total. The molecule has 0 aromatic rings. The molecule has 0 rings (SSSR count). The Bertz CT molecular complexity index is 170. The van der Waals surface area contributed by atoms with Gasteiger partial charge in [-0.15, -0.1) is 0 Å². The topological polar surface area (TPSA) is 17.1 Å². The third-order valence-corrected chi connectivity index (χ3v) is 2.12. The van der Waals surface area contributed by atoms with Gasteiger partial charge in [-0.05, 0) is 13.0 Å². The summed E-state index contributed by atoms with van der Waals surface area (Å²) in [5.74, 6) is 0.896. The molecule has 0 atom stereocenters. The normalized spacial score (nSPS) is 12.3. The molecule has 0 fully saturated rings. The number of hydrogen-bond donors (Lipinski definition) is 0. The van der Waals surface area contributed by atoms with Crippen LogP contribution in [-0.2, 0) is 4.79 Å². The summed E-state index contributed by atoms with van der Waals surface area (Å²) in [6, 6.07) is 0. The molecule has 0 aliphatic heterocycles. The van der Waals surface area contributed by atoms with Gasteiger partial charge in [0.1, 0.15) is 0 Å². The molecule has 0 aliphatic rings. The largest absolute Gasteiger partial charge is 0.330 e. The van der Waals surface area contributed by atoms with E-state index in [9.17, 15) is 4.79 Å².